The number of nitrogens with zero attached hydrogens (tertiary/aromatic N) is 1. The van der Waals surface area contributed by atoms with E-state index in [4.69, 9.17) is 10.00 Å². The van der Waals surface area contributed by atoms with E-state index < -0.39 is 10.8 Å². The third-order valence-corrected chi connectivity index (χ3v) is 4.07. The quantitative estimate of drug-likeness (QED) is 0.859. The predicted molar refractivity (Wildman–Crippen MR) is 74.3 cm³/mol. The minimum absolute atomic E-state index is 0.336. The maximum Gasteiger partial charge on any atom is 0.123 e. The van der Waals surface area contributed by atoms with Crippen LogP contribution in [-0.4, -0.2) is 11.3 Å². The number of hydrogen-bond donors (Lipinski definition) is 0. The van der Waals surface area contributed by atoms with Crippen LogP contribution in [0.1, 0.15) is 11.1 Å². The standard InChI is InChI=1S/C15H13NO2S/c1-18-15-8-7-12(10-16)9-13(15)11-19(17)14-5-3-2-4-6-14/h2-9H,11H2,1H3. The Balaban J connectivity index is 2.28. The van der Waals surface area contributed by atoms with E-state index in [9.17, 15) is 4.21 Å². The van der Waals surface area contributed by atoms with Crippen molar-refractivity contribution in [2.24, 2.45) is 0 Å². The molecule has 0 saturated heterocycles. The summed E-state index contributed by atoms with van der Waals surface area (Å²) in [7, 11) is 0.420. The van der Waals surface area contributed by atoms with Crippen LogP contribution < -0.4 is 4.74 Å². The molecule has 19 heavy (non-hydrogen) atoms. The van der Waals surface area contributed by atoms with Gasteiger partial charge in [0.25, 0.3) is 0 Å². The topological polar surface area (TPSA) is 50.1 Å². The van der Waals surface area contributed by atoms with E-state index in [0.717, 1.165) is 10.5 Å². The monoisotopic (exact) mass is 271 g/mol. The Hall–Kier alpha value is -2.12. The van der Waals surface area contributed by atoms with Gasteiger partial charge in [-0.15, -0.1) is 0 Å². The molecule has 1 atom stereocenters. The van der Waals surface area contributed by atoms with Gasteiger partial charge >= 0.3 is 0 Å². The average Bonchev–Trinajstić information content (AvgIpc) is 2.48. The number of nitriles is 1. The van der Waals surface area contributed by atoms with Gasteiger partial charge in [0.15, 0.2) is 0 Å². The zero-order valence-electron chi connectivity index (χ0n) is 10.5. The molecule has 2 aromatic carbocycles. The lowest BCUT2D eigenvalue weighted by Gasteiger charge is -2.08. The highest BCUT2D eigenvalue weighted by molar-refractivity contribution is 7.84. The first-order valence-electron chi connectivity index (χ1n) is 5.75. The third-order valence-electron chi connectivity index (χ3n) is 2.70. The van der Waals surface area contributed by atoms with Crippen LogP contribution in [0, 0.1) is 11.3 Å². The van der Waals surface area contributed by atoms with Gasteiger partial charge in [-0.25, -0.2) is 0 Å². The molecule has 0 fully saturated rings. The molecular weight excluding hydrogens is 258 g/mol. The molecule has 2 rings (SSSR count). The molecule has 0 radical (unpaired) electrons. The minimum Gasteiger partial charge on any atom is -0.496 e. The van der Waals surface area contributed by atoms with Crippen molar-refractivity contribution in [2.75, 3.05) is 7.11 Å². The number of hydrogen-bond acceptors (Lipinski definition) is 3. The minimum atomic E-state index is -1.15. The molecule has 0 aliphatic heterocycles. The molecule has 3 nitrogen and oxygen atoms in total. The maximum atomic E-state index is 12.3. The van der Waals surface area contributed by atoms with Crippen LogP contribution in [0.15, 0.2) is 53.4 Å². The molecule has 0 aromatic heterocycles. The average molecular weight is 271 g/mol. The number of rotatable bonds is 4. The van der Waals surface area contributed by atoms with E-state index >= 15 is 0 Å². The molecule has 0 N–H and O–H groups in total. The fourth-order valence-corrected chi connectivity index (χ4v) is 2.89. The second-order valence-electron chi connectivity index (χ2n) is 3.94. The summed E-state index contributed by atoms with van der Waals surface area (Å²) >= 11 is 0. The van der Waals surface area contributed by atoms with Gasteiger partial charge in [0.2, 0.25) is 0 Å². The molecule has 0 spiro atoms. The molecule has 0 aliphatic carbocycles. The van der Waals surface area contributed by atoms with Crippen LogP contribution >= 0.6 is 0 Å². The van der Waals surface area contributed by atoms with Crippen molar-refractivity contribution in [1.29, 1.82) is 5.26 Å². The Bertz CT molecular complexity index is 632. The van der Waals surface area contributed by atoms with Crippen LogP contribution in [0.2, 0.25) is 0 Å². The summed E-state index contributed by atoms with van der Waals surface area (Å²) in [5.41, 5.74) is 1.32. The molecule has 4 heteroatoms. The van der Waals surface area contributed by atoms with E-state index in [1.807, 2.05) is 30.3 Å². The fourth-order valence-electron chi connectivity index (χ4n) is 1.76. The lowest BCUT2D eigenvalue weighted by Crippen LogP contribution is -1.99. The first-order chi connectivity index (χ1) is 9.24. The van der Waals surface area contributed by atoms with Crippen LogP contribution in [0.4, 0.5) is 0 Å². The van der Waals surface area contributed by atoms with Gasteiger partial charge in [-0.2, -0.15) is 5.26 Å². The Morgan fingerprint density at radius 1 is 1.21 bits per heavy atom. The van der Waals surface area contributed by atoms with E-state index in [1.54, 1.807) is 25.3 Å². The summed E-state index contributed by atoms with van der Waals surface area (Å²) in [6.07, 6.45) is 0. The summed E-state index contributed by atoms with van der Waals surface area (Å²) in [6, 6.07) is 16.5. The molecule has 96 valence electrons. The smallest absolute Gasteiger partial charge is 0.123 e. The lowest BCUT2D eigenvalue weighted by molar-refractivity contribution is 0.411. The van der Waals surface area contributed by atoms with Crippen LogP contribution in [0.3, 0.4) is 0 Å². The van der Waals surface area contributed by atoms with Crippen molar-refractivity contribution >= 4 is 10.8 Å². The lowest BCUT2D eigenvalue weighted by atomic mass is 10.1. The highest BCUT2D eigenvalue weighted by atomic mass is 32.2. The van der Waals surface area contributed by atoms with Gasteiger partial charge in [-0.3, -0.25) is 4.21 Å². The number of ether oxygens (including phenoxy) is 1. The van der Waals surface area contributed by atoms with E-state index in [-0.39, 0.29) is 0 Å². The molecule has 0 bridgehead atoms. The van der Waals surface area contributed by atoms with Gasteiger partial charge in [0.05, 0.1) is 35.3 Å². The predicted octanol–water partition coefficient (Wildman–Crippen LogP) is 2.87. The molecular formula is C15H13NO2S. The van der Waals surface area contributed by atoms with Crippen molar-refractivity contribution in [3.05, 3.63) is 59.7 Å². The zero-order chi connectivity index (χ0) is 13.7. The first kappa shape index (κ1) is 13.3. The van der Waals surface area contributed by atoms with Crippen molar-refractivity contribution < 1.29 is 8.95 Å². The van der Waals surface area contributed by atoms with Gasteiger partial charge in [0, 0.05) is 10.5 Å². The zero-order valence-corrected chi connectivity index (χ0v) is 11.3. The van der Waals surface area contributed by atoms with Crippen LogP contribution in [0.25, 0.3) is 0 Å². The molecule has 0 amide bonds. The Morgan fingerprint density at radius 3 is 2.58 bits per heavy atom. The largest absolute Gasteiger partial charge is 0.496 e. The summed E-state index contributed by atoms with van der Waals surface area (Å²) in [5.74, 6) is 0.992. The van der Waals surface area contributed by atoms with Crippen molar-refractivity contribution in [1.82, 2.24) is 0 Å². The summed E-state index contributed by atoms with van der Waals surface area (Å²) < 4.78 is 17.5. The third kappa shape index (κ3) is 3.21. The van der Waals surface area contributed by atoms with Crippen molar-refractivity contribution in [3.8, 4) is 11.8 Å². The molecule has 0 saturated carbocycles. The van der Waals surface area contributed by atoms with Gasteiger partial charge in [0.1, 0.15) is 5.75 Å². The normalized spacial score (nSPS) is 11.6. The van der Waals surface area contributed by atoms with Crippen molar-refractivity contribution in [3.63, 3.8) is 0 Å². The Kier molecular flexibility index (Phi) is 4.32. The van der Waals surface area contributed by atoms with E-state index in [2.05, 4.69) is 6.07 Å². The van der Waals surface area contributed by atoms with E-state index in [0.29, 0.717) is 17.1 Å². The molecule has 1 unspecified atom stereocenters. The number of methoxy groups -OCH3 is 1. The van der Waals surface area contributed by atoms with Gasteiger partial charge in [-0.05, 0) is 30.3 Å². The van der Waals surface area contributed by atoms with Gasteiger partial charge in [-0.1, -0.05) is 18.2 Å². The second-order valence-corrected chi connectivity index (χ2v) is 5.39. The summed E-state index contributed by atoms with van der Waals surface area (Å²) in [6.45, 7) is 0. The number of benzene rings is 2. The highest BCUT2D eigenvalue weighted by Crippen LogP contribution is 2.23. The Labute approximate surface area is 114 Å². The SMILES string of the molecule is COc1ccc(C#N)cc1CS(=O)c1ccccc1. The molecule has 2 aromatic rings. The molecule has 0 heterocycles. The Morgan fingerprint density at radius 2 is 1.95 bits per heavy atom. The van der Waals surface area contributed by atoms with Crippen molar-refractivity contribution in [2.45, 2.75) is 10.6 Å². The molecule has 0 aliphatic rings. The van der Waals surface area contributed by atoms with Crippen LogP contribution in [0.5, 0.6) is 5.75 Å². The second kappa shape index (κ2) is 6.17. The van der Waals surface area contributed by atoms with Crippen LogP contribution in [-0.2, 0) is 16.6 Å². The van der Waals surface area contributed by atoms with Gasteiger partial charge < -0.3 is 4.74 Å². The maximum absolute atomic E-state index is 12.3. The van der Waals surface area contributed by atoms with E-state index in [1.165, 1.54) is 0 Å². The highest BCUT2D eigenvalue weighted by Gasteiger charge is 2.10. The summed E-state index contributed by atoms with van der Waals surface area (Å²) in [4.78, 5) is 0.770. The fraction of sp³-hybridized carbons (Fsp3) is 0.133. The summed E-state index contributed by atoms with van der Waals surface area (Å²) in [5, 5.41) is 8.91. The first-order valence-corrected chi connectivity index (χ1v) is 7.07.